The van der Waals surface area contributed by atoms with Crippen molar-refractivity contribution in [3.05, 3.63) is 76.4 Å². The first-order valence-corrected chi connectivity index (χ1v) is 7.48. The lowest BCUT2D eigenvalue weighted by molar-refractivity contribution is -0.136. The Bertz CT molecular complexity index is 757. The van der Waals surface area contributed by atoms with E-state index >= 15 is 0 Å². The van der Waals surface area contributed by atoms with Crippen LogP contribution in [0.5, 0.6) is 0 Å². The van der Waals surface area contributed by atoms with Crippen molar-refractivity contribution in [1.29, 1.82) is 0 Å². The molecule has 2 rings (SSSR count). The van der Waals surface area contributed by atoms with E-state index in [0.717, 1.165) is 22.3 Å². The smallest absolute Gasteiger partial charge is 0.331 e. The molecule has 0 radical (unpaired) electrons. The maximum Gasteiger partial charge on any atom is 0.331 e. The molecule has 2 aromatic carbocycles. The summed E-state index contributed by atoms with van der Waals surface area (Å²) in [5.41, 5.74) is 4.51. The molecule has 0 saturated heterocycles. The summed E-state index contributed by atoms with van der Waals surface area (Å²) < 4.78 is 5.04. The van der Waals surface area contributed by atoms with Crippen LogP contribution in [0.4, 0.5) is 0 Å². The predicted octanol–water partition coefficient (Wildman–Crippen LogP) is 4.05. The molecule has 0 aromatic heterocycles. The average Bonchev–Trinajstić information content (AvgIpc) is 2.54. The van der Waals surface area contributed by atoms with E-state index in [1.807, 2.05) is 63.2 Å². The molecule has 0 fully saturated rings. The summed E-state index contributed by atoms with van der Waals surface area (Å²) in [6.07, 6.45) is 3.04. The van der Waals surface area contributed by atoms with E-state index < -0.39 is 5.97 Å². The Morgan fingerprint density at radius 3 is 2.48 bits per heavy atom. The number of rotatable bonds is 5. The number of benzene rings is 2. The summed E-state index contributed by atoms with van der Waals surface area (Å²) >= 11 is 0. The van der Waals surface area contributed by atoms with Crippen LogP contribution in [0.2, 0.25) is 0 Å². The van der Waals surface area contributed by atoms with Gasteiger partial charge in [0.15, 0.2) is 6.61 Å². The van der Waals surface area contributed by atoms with Gasteiger partial charge in [-0.25, -0.2) is 4.79 Å². The van der Waals surface area contributed by atoms with Gasteiger partial charge in [0.25, 0.3) is 0 Å². The largest absolute Gasteiger partial charge is 0.454 e. The number of esters is 1. The Morgan fingerprint density at radius 2 is 1.74 bits per heavy atom. The molecule has 0 atom stereocenters. The highest BCUT2D eigenvalue weighted by Crippen LogP contribution is 2.12. The molecular weight excluding hydrogens is 288 g/mol. The summed E-state index contributed by atoms with van der Waals surface area (Å²) in [5, 5.41) is 0. The molecule has 3 heteroatoms. The summed E-state index contributed by atoms with van der Waals surface area (Å²) in [6.45, 7) is 5.51. The highest BCUT2D eigenvalue weighted by molar-refractivity contribution is 6.00. The molecule has 0 bridgehead atoms. The van der Waals surface area contributed by atoms with Crippen molar-refractivity contribution in [1.82, 2.24) is 0 Å². The van der Waals surface area contributed by atoms with Gasteiger partial charge in [-0.3, -0.25) is 4.79 Å². The van der Waals surface area contributed by atoms with Gasteiger partial charge in [0.1, 0.15) is 0 Å². The van der Waals surface area contributed by atoms with Crippen molar-refractivity contribution in [3.8, 4) is 0 Å². The Labute approximate surface area is 136 Å². The molecule has 23 heavy (non-hydrogen) atoms. The number of Topliss-reactive ketones (excluding diaryl/α,β-unsaturated/α-hetero) is 1. The quantitative estimate of drug-likeness (QED) is 0.475. The third-order valence-electron chi connectivity index (χ3n) is 3.63. The fraction of sp³-hybridized carbons (Fsp3) is 0.200. The second-order valence-corrected chi connectivity index (χ2v) is 5.54. The zero-order valence-electron chi connectivity index (χ0n) is 13.6. The standard InChI is InChI=1S/C20H20O3/c1-14-8-9-16(3)18(12-14)19(21)13-23-20(22)11-10-17-7-5-4-6-15(17)2/h4-12H,13H2,1-3H3/b11-10+. The van der Waals surface area contributed by atoms with Crippen molar-refractivity contribution < 1.29 is 14.3 Å². The monoisotopic (exact) mass is 308 g/mol. The topological polar surface area (TPSA) is 43.4 Å². The van der Waals surface area contributed by atoms with Crippen molar-refractivity contribution in [2.45, 2.75) is 20.8 Å². The predicted molar refractivity (Wildman–Crippen MR) is 91.4 cm³/mol. The zero-order valence-corrected chi connectivity index (χ0v) is 13.6. The third kappa shape index (κ3) is 4.65. The lowest BCUT2D eigenvalue weighted by Crippen LogP contribution is -2.13. The fourth-order valence-corrected chi connectivity index (χ4v) is 2.23. The number of hydrogen-bond acceptors (Lipinski definition) is 3. The first-order valence-electron chi connectivity index (χ1n) is 7.48. The average molecular weight is 308 g/mol. The van der Waals surface area contributed by atoms with E-state index in [2.05, 4.69) is 0 Å². The van der Waals surface area contributed by atoms with Crippen LogP contribution in [-0.4, -0.2) is 18.4 Å². The maximum atomic E-state index is 12.1. The van der Waals surface area contributed by atoms with Crippen molar-refractivity contribution in [3.63, 3.8) is 0 Å². The molecule has 0 spiro atoms. The van der Waals surface area contributed by atoms with Gasteiger partial charge in [0, 0.05) is 11.6 Å². The van der Waals surface area contributed by atoms with E-state index in [1.165, 1.54) is 6.08 Å². The molecular formula is C20H20O3. The molecule has 0 saturated carbocycles. The van der Waals surface area contributed by atoms with Gasteiger partial charge in [-0.2, -0.15) is 0 Å². The molecule has 118 valence electrons. The van der Waals surface area contributed by atoms with Crippen LogP contribution in [0, 0.1) is 20.8 Å². The van der Waals surface area contributed by atoms with E-state index in [9.17, 15) is 9.59 Å². The summed E-state index contributed by atoms with van der Waals surface area (Å²) in [7, 11) is 0. The SMILES string of the molecule is Cc1ccc(C)c(C(=O)COC(=O)/C=C/c2ccccc2C)c1. The van der Waals surface area contributed by atoms with Crippen molar-refractivity contribution in [2.24, 2.45) is 0 Å². The second kappa shape index (κ2) is 7.54. The van der Waals surface area contributed by atoms with Crippen LogP contribution in [0.15, 0.2) is 48.5 Å². The number of hydrogen-bond donors (Lipinski definition) is 0. The van der Waals surface area contributed by atoms with E-state index in [0.29, 0.717) is 5.56 Å². The normalized spacial score (nSPS) is 10.7. The minimum absolute atomic E-state index is 0.191. The molecule has 0 N–H and O–H groups in total. The molecule has 0 unspecified atom stereocenters. The number of ether oxygens (including phenoxy) is 1. The minimum Gasteiger partial charge on any atom is -0.454 e. The first kappa shape index (κ1) is 16.7. The third-order valence-corrected chi connectivity index (χ3v) is 3.63. The molecule has 3 nitrogen and oxygen atoms in total. The van der Waals surface area contributed by atoms with Crippen LogP contribution in [0.1, 0.15) is 32.6 Å². The molecule has 0 aliphatic carbocycles. The molecule has 0 heterocycles. The van der Waals surface area contributed by atoms with Gasteiger partial charge >= 0.3 is 5.97 Å². The maximum absolute atomic E-state index is 12.1. The van der Waals surface area contributed by atoms with Crippen molar-refractivity contribution >= 4 is 17.8 Å². The van der Waals surface area contributed by atoms with Crippen LogP contribution >= 0.6 is 0 Å². The summed E-state index contributed by atoms with van der Waals surface area (Å²) in [6, 6.07) is 13.4. The van der Waals surface area contributed by atoms with Gasteiger partial charge in [0.2, 0.25) is 5.78 Å². The molecule has 0 aliphatic rings. The molecule has 0 aliphatic heterocycles. The second-order valence-electron chi connectivity index (χ2n) is 5.54. The van der Waals surface area contributed by atoms with Gasteiger partial charge in [-0.15, -0.1) is 0 Å². The number of carbonyl (C=O) groups is 2. The van der Waals surface area contributed by atoms with Crippen LogP contribution in [0.25, 0.3) is 6.08 Å². The summed E-state index contributed by atoms with van der Waals surface area (Å²) in [5.74, 6) is -0.712. The van der Waals surface area contributed by atoms with Gasteiger partial charge < -0.3 is 4.74 Å². The van der Waals surface area contributed by atoms with Crippen LogP contribution in [-0.2, 0) is 9.53 Å². The Morgan fingerprint density at radius 1 is 1.00 bits per heavy atom. The van der Waals surface area contributed by atoms with E-state index in [4.69, 9.17) is 4.74 Å². The van der Waals surface area contributed by atoms with E-state index in [1.54, 1.807) is 6.08 Å². The van der Waals surface area contributed by atoms with Crippen LogP contribution in [0.3, 0.4) is 0 Å². The van der Waals surface area contributed by atoms with Gasteiger partial charge in [-0.1, -0.05) is 42.0 Å². The van der Waals surface area contributed by atoms with Gasteiger partial charge in [-0.05, 0) is 49.6 Å². The van der Waals surface area contributed by atoms with E-state index in [-0.39, 0.29) is 12.4 Å². The number of aryl methyl sites for hydroxylation is 3. The lowest BCUT2D eigenvalue weighted by atomic mass is 10.0. The molecule has 2 aromatic rings. The highest BCUT2D eigenvalue weighted by Gasteiger charge is 2.11. The Hall–Kier alpha value is -2.68. The first-order chi connectivity index (χ1) is 11.0. The number of ketones is 1. The molecule has 0 amide bonds. The minimum atomic E-state index is -0.521. The summed E-state index contributed by atoms with van der Waals surface area (Å²) in [4.78, 5) is 23.9. The van der Waals surface area contributed by atoms with Gasteiger partial charge in [0.05, 0.1) is 0 Å². The Balaban J connectivity index is 1.95. The zero-order chi connectivity index (χ0) is 16.8. The highest BCUT2D eigenvalue weighted by atomic mass is 16.5. The number of carbonyl (C=O) groups excluding carboxylic acids is 2. The Kier molecular flexibility index (Phi) is 5.47. The van der Waals surface area contributed by atoms with Crippen LogP contribution < -0.4 is 0 Å². The fourth-order valence-electron chi connectivity index (χ4n) is 2.23. The lowest BCUT2D eigenvalue weighted by Gasteiger charge is -2.06. The van der Waals surface area contributed by atoms with Crippen molar-refractivity contribution in [2.75, 3.05) is 6.61 Å².